The molecule has 6 aliphatic rings. The first-order chi connectivity index (χ1) is 43.2. The number of hydrogen-bond acceptors (Lipinski definition) is 15. The zero-order valence-corrected chi connectivity index (χ0v) is 55.9. The summed E-state index contributed by atoms with van der Waals surface area (Å²) >= 11 is 15.2. The number of carbonyl (C=O) groups is 3. The number of hydrogen-bond donors (Lipinski definition) is 2. The molecule has 17 nitrogen and oxygen atoms in total. The van der Waals surface area contributed by atoms with Crippen LogP contribution in [0.3, 0.4) is 0 Å². The van der Waals surface area contributed by atoms with E-state index in [0.29, 0.717) is 79.4 Å². The average molecular weight is 1270 g/mol. The van der Waals surface area contributed by atoms with Crippen molar-refractivity contribution in [2.45, 2.75) is 142 Å². The van der Waals surface area contributed by atoms with E-state index in [1.807, 2.05) is 65.8 Å². The van der Waals surface area contributed by atoms with E-state index in [4.69, 9.17) is 42.1 Å². The first-order valence-corrected chi connectivity index (χ1v) is 34.0. The van der Waals surface area contributed by atoms with Crippen molar-refractivity contribution in [2.75, 3.05) is 119 Å². The van der Waals surface area contributed by atoms with Crippen LogP contribution in [0, 0.1) is 0 Å². The number of piperidine rings is 2. The highest BCUT2D eigenvalue weighted by atomic mass is 35.5. The highest BCUT2D eigenvalue weighted by Crippen LogP contribution is 2.50. The smallest absolute Gasteiger partial charge is 0.419 e. The number of aromatic nitrogens is 2. The Bertz CT molecular complexity index is 3370. The summed E-state index contributed by atoms with van der Waals surface area (Å²) in [5, 5.41) is 9.87. The van der Waals surface area contributed by atoms with Gasteiger partial charge in [0.1, 0.15) is 22.7 Å². The molecule has 4 fully saturated rings. The molecule has 2 aromatic heterocycles. The van der Waals surface area contributed by atoms with Crippen LogP contribution >= 0.6 is 23.2 Å². The van der Waals surface area contributed by atoms with E-state index in [0.717, 1.165) is 151 Å². The Hall–Kier alpha value is -5.57. The Labute approximate surface area is 542 Å². The molecular formula is C71H94Cl2N10O7. The highest BCUT2D eigenvalue weighted by molar-refractivity contribution is 6.34. The molecule has 4 aromatic carbocycles. The second-order valence-electron chi connectivity index (χ2n) is 28.1. The lowest BCUT2D eigenvalue weighted by Gasteiger charge is -2.32. The molecule has 19 heteroatoms. The molecule has 90 heavy (non-hydrogen) atoms. The summed E-state index contributed by atoms with van der Waals surface area (Å²) < 4.78 is 29.3. The van der Waals surface area contributed by atoms with Gasteiger partial charge in [0.15, 0.2) is 5.78 Å². The SMILES string of the molecule is CN1CCN(CCCOc2cc(-c3cc4cc(CN5CCCCC5)ccc4n3C(=O)OC(C)(C)C)c3c(c2Cl)CNC3C(=O)C2NCc3c(Cl)c(OCCCN4CCN(C)CC4)cc(-c4cc5cc(CN6CCCCC6)ccc5n4C(=O)OC(C)(C)C)c32)CC1. The standard InChI is InChI=1S/C71H94Cl2N10O7/c1-70(2,3)89-68(85)82-55-19-17-47(45-80-21-11-9-12-22-80)37-49(55)39-57(82)51-41-59(87-35-15-25-78-31-27-76(7)28-32-78)63(72)53-43-74-65(61(51)53)67(84)66-62-52(42-60(64(73)54(62)44-75-66)88-36-16-26-79-33-29-77(8)30-34-79)58-40-50-38-48(46-81-23-13-10-14-24-81)18-20-56(50)83(58)69(86)90-71(4,5)6/h17-20,37-42,65-66,74-75H,9-16,21-36,43-46H2,1-8H3. The first kappa shape index (κ1) is 64.5. The number of likely N-dealkylation sites (tertiary alicyclic amines) is 2. The number of piperazine rings is 2. The molecule has 0 amide bonds. The van der Waals surface area contributed by atoms with E-state index in [1.54, 1.807) is 9.13 Å². The average Bonchev–Trinajstić information content (AvgIpc) is 1.63. The fraction of sp³-hybridized carbons (Fsp3) is 0.563. The van der Waals surface area contributed by atoms with Crippen molar-refractivity contribution in [2.24, 2.45) is 0 Å². The monoisotopic (exact) mass is 1270 g/mol. The van der Waals surface area contributed by atoms with Crippen molar-refractivity contribution >= 4 is 63.0 Å². The quantitative estimate of drug-likeness (QED) is 0.0788. The lowest BCUT2D eigenvalue weighted by molar-refractivity contribution is -0.123. The molecule has 8 heterocycles. The van der Waals surface area contributed by atoms with E-state index in [1.165, 1.54) is 38.5 Å². The Morgan fingerprint density at radius 1 is 0.500 bits per heavy atom. The highest BCUT2D eigenvalue weighted by Gasteiger charge is 2.44. The molecular weight excluding hydrogens is 1180 g/mol. The third-order valence-electron chi connectivity index (χ3n) is 18.9. The summed E-state index contributed by atoms with van der Waals surface area (Å²) in [4.78, 5) is 61.0. The maximum Gasteiger partial charge on any atom is 0.419 e. The van der Waals surface area contributed by atoms with Crippen LogP contribution in [0.5, 0.6) is 11.5 Å². The van der Waals surface area contributed by atoms with Crippen LogP contribution in [-0.2, 0) is 40.4 Å². The molecule has 4 saturated heterocycles. The molecule has 2 unspecified atom stereocenters. The van der Waals surface area contributed by atoms with Crippen molar-refractivity contribution in [3.8, 4) is 34.0 Å². The normalized spacial score (nSPS) is 20.2. The van der Waals surface area contributed by atoms with Gasteiger partial charge in [-0.15, -0.1) is 0 Å². The predicted molar refractivity (Wildman–Crippen MR) is 359 cm³/mol. The van der Waals surface area contributed by atoms with Crippen LogP contribution in [0.15, 0.2) is 60.7 Å². The largest absolute Gasteiger partial charge is 0.492 e. The summed E-state index contributed by atoms with van der Waals surface area (Å²) in [7, 11) is 4.33. The number of ketones is 1. The minimum Gasteiger partial charge on any atom is -0.492 e. The number of halogens is 2. The van der Waals surface area contributed by atoms with Gasteiger partial charge < -0.3 is 38.5 Å². The molecule has 2 N–H and O–H groups in total. The zero-order valence-electron chi connectivity index (χ0n) is 54.4. The molecule has 0 bridgehead atoms. The topological polar surface area (TPSA) is 141 Å². The number of ether oxygens (including phenoxy) is 4. The molecule has 12 rings (SSSR count). The minimum absolute atomic E-state index is 0.184. The summed E-state index contributed by atoms with van der Waals surface area (Å²) in [5.74, 6) is 0.777. The number of carbonyl (C=O) groups excluding carboxylic acids is 3. The van der Waals surface area contributed by atoms with Gasteiger partial charge in [0.2, 0.25) is 0 Å². The van der Waals surface area contributed by atoms with Crippen molar-refractivity contribution in [3.63, 3.8) is 0 Å². The van der Waals surface area contributed by atoms with E-state index in [2.05, 4.69) is 90.5 Å². The van der Waals surface area contributed by atoms with E-state index < -0.39 is 35.5 Å². The fourth-order valence-electron chi connectivity index (χ4n) is 14.3. The molecule has 6 aliphatic heterocycles. The van der Waals surface area contributed by atoms with Gasteiger partial charge >= 0.3 is 12.2 Å². The number of Topliss-reactive ketones (excluding diaryl/α,β-unsaturated/α-hetero) is 1. The predicted octanol–water partition coefficient (Wildman–Crippen LogP) is 12.4. The molecule has 0 aliphatic carbocycles. The Kier molecular flexibility index (Phi) is 19.8. The second kappa shape index (κ2) is 27.6. The zero-order chi connectivity index (χ0) is 63.0. The molecule has 0 spiro atoms. The molecule has 0 radical (unpaired) electrons. The number of nitrogens with one attached hydrogen (secondary N) is 2. The first-order valence-electron chi connectivity index (χ1n) is 33.2. The third kappa shape index (κ3) is 14.5. The van der Waals surface area contributed by atoms with E-state index in [-0.39, 0.29) is 18.9 Å². The van der Waals surface area contributed by atoms with Crippen LogP contribution in [0.2, 0.25) is 10.0 Å². The minimum atomic E-state index is -0.937. The van der Waals surface area contributed by atoms with E-state index in [9.17, 15) is 9.59 Å². The summed E-state index contributed by atoms with van der Waals surface area (Å²) in [6.07, 6.45) is 7.71. The summed E-state index contributed by atoms with van der Waals surface area (Å²) in [5.41, 5.74) is 7.18. The van der Waals surface area contributed by atoms with Gasteiger partial charge in [-0.25, -0.2) is 18.7 Å². The van der Waals surface area contributed by atoms with Gasteiger partial charge in [-0.2, -0.15) is 0 Å². The third-order valence-corrected chi connectivity index (χ3v) is 19.8. The van der Waals surface area contributed by atoms with Gasteiger partial charge in [-0.3, -0.25) is 25.2 Å². The van der Waals surface area contributed by atoms with Crippen LogP contribution in [0.4, 0.5) is 9.59 Å². The number of nitrogens with zero attached hydrogens (tertiary/aromatic N) is 8. The number of fused-ring (bicyclic) bond motifs is 4. The fourth-order valence-corrected chi connectivity index (χ4v) is 14.8. The molecule has 0 saturated carbocycles. The molecule has 2 atom stereocenters. The van der Waals surface area contributed by atoms with Crippen LogP contribution < -0.4 is 20.1 Å². The maximum absolute atomic E-state index is 16.4. The lowest BCUT2D eigenvalue weighted by atomic mass is 9.87. The molecule has 484 valence electrons. The summed E-state index contributed by atoms with van der Waals surface area (Å²) in [6.45, 7) is 28.3. The van der Waals surface area contributed by atoms with Crippen molar-refractivity contribution in [1.29, 1.82) is 0 Å². The van der Waals surface area contributed by atoms with Gasteiger partial charge in [0, 0.05) is 114 Å². The Balaban J connectivity index is 0.969. The lowest BCUT2D eigenvalue weighted by Crippen LogP contribution is -2.44. The summed E-state index contributed by atoms with van der Waals surface area (Å²) in [6, 6.07) is 18.7. The van der Waals surface area contributed by atoms with Crippen LogP contribution in [0.1, 0.15) is 138 Å². The Morgan fingerprint density at radius 3 is 1.27 bits per heavy atom. The van der Waals surface area contributed by atoms with Crippen LogP contribution in [-0.4, -0.2) is 187 Å². The second-order valence-corrected chi connectivity index (χ2v) is 28.9. The van der Waals surface area contributed by atoms with E-state index >= 15 is 4.79 Å². The maximum atomic E-state index is 16.4. The van der Waals surface area contributed by atoms with Crippen molar-refractivity contribution in [1.82, 2.24) is 49.2 Å². The van der Waals surface area contributed by atoms with Gasteiger partial charge in [-0.1, -0.05) is 48.2 Å². The van der Waals surface area contributed by atoms with Gasteiger partial charge in [0.25, 0.3) is 0 Å². The van der Waals surface area contributed by atoms with Crippen molar-refractivity contribution in [3.05, 3.63) is 104 Å². The number of benzene rings is 4. The number of rotatable bonds is 18. The Morgan fingerprint density at radius 2 is 0.889 bits per heavy atom. The molecule has 6 aromatic rings. The number of likely N-dealkylation sites (N-methyl/N-ethyl adjacent to an activating group) is 2. The van der Waals surface area contributed by atoms with Crippen molar-refractivity contribution < 1.29 is 33.3 Å². The van der Waals surface area contributed by atoms with Gasteiger partial charge in [-0.05, 0) is 202 Å². The van der Waals surface area contributed by atoms with Crippen LogP contribution in [0.25, 0.3) is 44.3 Å². The van der Waals surface area contributed by atoms with Gasteiger partial charge in [0.05, 0.1) is 57.8 Å².